The molecule has 1 unspecified atom stereocenters. The molecular formula is C15H21N5O2. The summed E-state index contributed by atoms with van der Waals surface area (Å²) in [6, 6.07) is 5.31. The third kappa shape index (κ3) is 3.30. The average Bonchev–Trinajstić information content (AvgIpc) is 2.85. The number of nitrogens with one attached hydrogen (secondary N) is 1. The predicted molar refractivity (Wildman–Crippen MR) is 83.5 cm³/mol. The molecule has 0 spiro atoms. The highest BCUT2D eigenvalue weighted by molar-refractivity contribution is 5.43. The highest BCUT2D eigenvalue weighted by atomic mass is 16.6. The molecule has 0 bridgehead atoms. The van der Waals surface area contributed by atoms with Crippen molar-refractivity contribution in [1.29, 1.82) is 0 Å². The highest BCUT2D eigenvalue weighted by Gasteiger charge is 2.15. The Hall–Kier alpha value is -2.28. The van der Waals surface area contributed by atoms with Gasteiger partial charge in [-0.1, -0.05) is 19.1 Å². The molecule has 1 aromatic heterocycles. The van der Waals surface area contributed by atoms with Crippen LogP contribution < -0.4 is 5.32 Å². The van der Waals surface area contributed by atoms with Crippen LogP contribution in [0, 0.1) is 17.0 Å². The highest BCUT2D eigenvalue weighted by Crippen LogP contribution is 2.23. The third-order valence-corrected chi connectivity index (χ3v) is 3.87. The number of nitrogens with zero attached hydrogens (tertiary/aromatic N) is 4. The van der Waals surface area contributed by atoms with Crippen molar-refractivity contribution < 1.29 is 4.92 Å². The first-order valence-electron chi connectivity index (χ1n) is 7.29. The molecule has 0 aliphatic carbocycles. The Balaban J connectivity index is 2.09. The van der Waals surface area contributed by atoms with Crippen molar-refractivity contribution >= 4 is 5.69 Å². The topological polar surface area (TPSA) is 85.9 Å². The lowest BCUT2D eigenvalue weighted by Gasteiger charge is -2.14. The van der Waals surface area contributed by atoms with Gasteiger partial charge in [0.25, 0.3) is 5.69 Å². The van der Waals surface area contributed by atoms with E-state index in [1.165, 1.54) is 0 Å². The van der Waals surface area contributed by atoms with E-state index in [2.05, 4.69) is 15.5 Å². The molecule has 1 N–H and O–H groups in total. The minimum atomic E-state index is -0.345. The van der Waals surface area contributed by atoms with Crippen LogP contribution in [0.3, 0.4) is 0 Å². The minimum absolute atomic E-state index is 0.0129. The quantitative estimate of drug-likeness (QED) is 0.654. The van der Waals surface area contributed by atoms with Gasteiger partial charge in [0.1, 0.15) is 11.6 Å². The van der Waals surface area contributed by atoms with Crippen molar-refractivity contribution in [3.8, 4) is 0 Å². The Morgan fingerprint density at radius 2 is 2.05 bits per heavy atom. The van der Waals surface area contributed by atoms with E-state index < -0.39 is 0 Å². The second-order valence-electron chi connectivity index (χ2n) is 5.35. The summed E-state index contributed by atoms with van der Waals surface area (Å²) >= 11 is 0. The number of nitro benzene ring substituents is 1. The zero-order valence-electron chi connectivity index (χ0n) is 13.3. The van der Waals surface area contributed by atoms with Crippen LogP contribution in [0.4, 0.5) is 5.69 Å². The number of hydrogen-bond acceptors (Lipinski definition) is 5. The maximum atomic E-state index is 11.0. The monoisotopic (exact) mass is 303 g/mol. The first kappa shape index (κ1) is 16.1. The number of aryl methyl sites for hydroxylation is 2. The Labute approximate surface area is 129 Å². The van der Waals surface area contributed by atoms with Gasteiger partial charge >= 0.3 is 0 Å². The SMILES string of the molecule is CCc1nnc(CNC(C)c2ccc(C)c([N+](=O)[O-])c2)n1C. The van der Waals surface area contributed by atoms with E-state index in [9.17, 15) is 10.1 Å². The number of benzene rings is 1. The Kier molecular flexibility index (Phi) is 4.87. The molecule has 7 heteroatoms. The first-order valence-corrected chi connectivity index (χ1v) is 7.29. The van der Waals surface area contributed by atoms with Crippen LogP contribution in [0.2, 0.25) is 0 Å². The molecule has 1 aromatic carbocycles. The van der Waals surface area contributed by atoms with Gasteiger partial charge in [0.2, 0.25) is 0 Å². The van der Waals surface area contributed by atoms with Crippen molar-refractivity contribution in [2.24, 2.45) is 7.05 Å². The molecule has 0 aliphatic rings. The summed E-state index contributed by atoms with van der Waals surface area (Å²) in [6.45, 7) is 6.32. The first-order chi connectivity index (χ1) is 10.4. The Morgan fingerprint density at radius 1 is 1.36 bits per heavy atom. The average molecular weight is 303 g/mol. The normalized spacial score (nSPS) is 12.4. The molecule has 0 fully saturated rings. The van der Waals surface area contributed by atoms with Crippen molar-refractivity contribution in [1.82, 2.24) is 20.1 Å². The molecule has 1 atom stereocenters. The second-order valence-corrected chi connectivity index (χ2v) is 5.35. The lowest BCUT2D eigenvalue weighted by molar-refractivity contribution is -0.385. The third-order valence-electron chi connectivity index (χ3n) is 3.87. The standard InChI is InChI=1S/C15H21N5O2/c1-5-14-17-18-15(19(14)4)9-16-11(3)12-7-6-10(2)13(8-12)20(21)22/h6-8,11,16H,5,9H2,1-4H3. The summed E-state index contributed by atoms with van der Waals surface area (Å²) in [5.41, 5.74) is 1.70. The zero-order chi connectivity index (χ0) is 16.3. The van der Waals surface area contributed by atoms with Gasteiger partial charge in [-0.3, -0.25) is 10.1 Å². The molecule has 1 heterocycles. The van der Waals surface area contributed by atoms with Gasteiger partial charge < -0.3 is 9.88 Å². The molecule has 0 amide bonds. The van der Waals surface area contributed by atoms with E-state index in [1.807, 2.05) is 31.5 Å². The van der Waals surface area contributed by atoms with Gasteiger partial charge in [-0.2, -0.15) is 0 Å². The summed E-state index contributed by atoms with van der Waals surface area (Å²) in [5.74, 6) is 1.79. The number of nitro groups is 1. The number of aromatic nitrogens is 3. The smallest absolute Gasteiger partial charge is 0.272 e. The van der Waals surface area contributed by atoms with Gasteiger partial charge in [0, 0.05) is 31.1 Å². The maximum absolute atomic E-state index is 11.0. The van der Waals surface area contributed by atoms with Crippen LogP contribution in [0.5, 0.6) is 0 Å². The van der Waals surface area contributed by atoms with Crippen molar-refractivity contribution in [2.45, 2.75) is 39.8 Å². The minimum Gasteiger partial charge on any atom is -0.317 e. The van der Waals surface area contributed by atoms with Crippen LogP contribution in [-0.4, -0.2) is 19.7 Å². The molecule has 0 saturated heterocycles. The van der Waals surface area contributed by atoms with Crippen LogP contribution in [0.1, 0.15) is 42.7 Å². The van der Waals surface area contributed by atoms with E-state index in [0.29, 0.717) is 12.1 Å². The molecular weight excluding hydrogens is 282 g/mol. The Bertz CT molecular complexity index is 681. The van der Waals surface area contributed by atoms with Crippen molar-refractivity contribution in [2.75, 3.05) is 0 Å². The lowest BCUT2D eigenvalue weighted by atomic mass is 10.0. The number of hydrogen-bond donors (Lipinski definition) is 1. The predicted octanol–water partition coefficient (Wildman–Crippen LogP) is 2.44. The molecule has 22 heavy (non-hydrogen) atoms. The fourth-order valence-corrected chi connectivity index (χ4v) is 2.32. The van der Waals surface area contributed by atoms with Gasteiger partial charge in [0.15, 0.2) is 0 Å². The summed E-state index contributed by atoms with van der Waals surface area (Å²) in [6.07, 6.45) is 0.837. The molecule has 7 nitrogen and oxygen atoms in total. The fourth-order valence-electron chi connectivity index (χ4n) is 2.32. The van der Waals surface area contributed by atoms with Crippen LogP contribution in [-0.2, 0) is 20.0 Å². The summed E-state index contributed by atoms with van der Waals surface area (Å²) in [4.78, 5) is 10.7. The molecule has 0 aliphatic heterocycles. The van der Waals surface area contributed by atoms with Gasteiger partial charge in [-0.25, -0.2) is 0 Å². The van der Waals surface area contributed by atoms with Crippen LogP contribution in [0.25, 0.3) is 0 Å². The fraction of sp³-hybridized carbons (Fsp3) is 0.467. The summed E-state index contributed by atoms with van der Waals surface area (Å²) in [7, 11) is 1.94. The van der Waals surface area contributed by atoms with E-state index in [0.717, 1.165) is 23.6 Å². The van der Waals surface area contributed by atoms with E-state index >= 15 is 0 Å². The largest absolute Gasteiger partial charge is 0.317 e. The van der Waals surface area contributed by atoms with Gasteiger partial charge in [0.05, 0.1) is 11.5 Å². The zero-order valence-corrected chi connectivity index (χ0v) is 13.3. The van der Waals surface area contributed by atoms with E-state index in [4.69, 9.17) is 0 Å². The van der Waals surface area contributed by atoms with Crippen molar-refractivity contribution in [3.05, 3.63) is 51.1 Å². The van der Waals surface area contributed by atoms with Crippen LogP contribution in [0.15, 0.2) is 18.2 Å². The Morgan fingerprint density at radius 3 is 2.64 bits per heavy atom. The second kappa shape index (κ2) is 6.65. The van der Waals surface area contributed by atoms with Crippen molar-refractivity contribution in [3.63, 3.8) is 0 Å². The van der Waals surface area contributed by atoms with E-state index in [1.54, 1.807) is 19.1 Å². The molecule has 2 aromatic rings. The summed E-state index contributed by atoms with van der Waals surface area (Å²) in [5, 5.41) is 22.6. The van der Waals surface area contributed by atoms with Crippen LogP contribution >= 0.6 is 0 Å². The summed E-state index contributed by atoms with van der Waals surface area (Å²) < 4.78 is 1.97. The molecule has 2 rings (SSSR count). The number of rotatable bonds is 6. The molecule has 118 valence electrons. The lowest BCUT2D eigenvalue weighted by Crippen LogP contribution is -2.20. The van der Waals surface area contributed by atoms with Gasteiger partial charge in [-0.05, 0) is 19.4 Å². The van der Waals surface area contributed by atoms with Gasteiger partial charge in [-0.15, -0.1) is 10.2 Å². The maximum Gasteiger partial charge on any atom is 0.272 e. The van der Waals surface area contributed by atoms with E-state index in [-0.39, 0.29) is 16.7 Å². The molecule has 0 saturated carbocycles. The molecule has 0 radical (unpaired) electrons.